The second kappa shape index (κ2) is 18.1. The summed E-state index contributed by atoms with van der Waals surface area (Å²) in [6.07, 6.45) is 13.8. The SMILES string of the molecule is C#Cc1ccc([C@H](C)NC(=O)[C@@H]2C[C@@H](O)CN2C(=O)[C@@H](NC(=O)N2CC3(CC(N4CCC(c5cnc(N6CCc7[nH]c8nnc(-c9ccccc9O)cc8c7[C@H]6C)nc5)CC4)C3)C2)C(C)(C)C)cc1. The summed E-state index contributed by atoms with van der Waals surface area (Å²) in [6, 6.07) is 14.7. The lowest BCUT2D eigenvalue weighted by Crippen LogP contribution is -2.70. The third-order valence-electron chi connectivity index (χ3n) is 15.6. The number of hydrogen-bond acceptors (Lipinski definition) is 11. The number of anilines is 1. The highest BCUT2D eigenvalue weighted by Crippen LogP contribution is 2.51. The van der Waals surface area contributed by atoms with Crippen LogP contribution in [0.25, 0.3) is 22.3 Å². The van der Waals surface area contributed by atoms with E-state index in [0.29, 0.717) is 42.3 Å². The minimum Gasteiger partial charge on any atom is -0.507 e. The van der Waals surface area contributed by atoms with Crippen molar-refractivity contribution >= 4 is 34.8 Å². The number of nitrogens with one attached hydrogen (secondary N) is 3. The predicted molar refractivity (Wildman–Crippen MR) is 262 cm³/mol. The molecule has 0 bridgehead atoms. The van der Waals surface area contributed by atoms with Crippen LogP contribution >= 0.6 is 0 Å². The lowest BCUT2D eigenvalue weighted by atomic mass is 9.60. The van der Waals surface area contributed by atoms with Crippen molar-refractivity contribution in [1.82, 2.24) is 50.5 Å². The number of aliphatic hydroxyl groups is 1. The van der Waals surface area contributed by atoms with Gasteiger partial charge in [0.15, 0.2) is 5.65 Å². The monoisotopic (exact) mass is 934 g/mol. The third-order valence-corrected chi connectivity index (χ3v) is 15.6. The first kappa shape index (κ1) is 46.2. The molecular formula is C53H63N11O5. The number of terminal acetylenes is 1. The first-order valence-corrected chi connectivity index (χ1v) is 24.5. The number of likely N-dealkylation sites (tertiary alicyclic amines) is 3. The van der Waals surface area contributed by atoms with E-state index in [4.69, 9.17) is 16.4 Å². The molecule has 4 fully saturated rings. The van der Waals surface area contributed by atoms with Gasteiger partial charge in [-0.15, -0.1) is 16.6 Å². The largest absolute Gasteiger partial charge is 0.507 e. The van der Waals surface area contributed by atoms with Gasteiger partial charge in [0.25, 0.3) is 0 Å². The summed E-state index contributed by atoms with van der Waals surface area (Å²) < 4.78 is 0. The fourth-order valence-corrected chi connectivity index (χ4v) is 11.7. The molecule has 16 heteroatoms. The number of fused-ring (bicyclic) bond motifs is 3. The molecule has 16 nitrogen and oxygen atoms in total. The Hall–Kier alpha value is -6.57. The van der Waals surface area contributed by atoms with Crippen LogP contribution in [0.15, 0.2) is 67.0 Å². The van der Waals surface area contributed by atoms with Crippen LogP contribution in [0.5, 0.6) is 5.75 Å². The number of aromatic nitrogens is 5. The van der Waals surface area contributed by atoms with Gasteiger partial charge in [0.05, 0.1) is 23.9 Å². The quantitative estimate of drug-likeness (QED) is 0.112. The van der Waals surface area contributed by atoms with Crippen molar-refractivity contribution in [3.05, 3.63) is 94.9 Å². The molecule has 3 aromatic heterocycles. The van der Waals surface area contributed by atoms with E-state index >= 15 is 0 Å². The van der Waals surface area contributed by atoms with Crippen molar-refractivity contribution in [2.24, 2.45) is 10.8 Å². The number of aromatic amines is 1. The van der Waals surface area contributed by atoms with Crippen LogP contribution in [-0.2, 0) is 16.0 Å². The van der Waals surface area contributed by atoms with Crippen LogP contribution in [0.2, 0.25) is 0 Å². The number of piperidine rings is 1. The van der Waals surface area contributed by atoms with E-state index in [2.05, 4.69) is 48.5 Å². The summed E-state index contributed by atoms with van der Waals surface area (Å²) in [7, 11) is 0. The van der Waals surface area contributed by atoms with E-state index in [1.54, 1.807) is 17.0 Å². The lowest BCUT2D eigenvalue weighted by molar-refractivity contribution is -0.142. The highest BCUT2D eigenvalue weighted by Gasteiger charge is 2.56. The maximum atomic E-state index is 14.2. The maximum absolute atomic E-state index is 14.2. The van der Waals surface area contributed by atoms with E-state index < -0.39 is 23.6 Å². The molecule has 5 aliphatic rings. The molecule has 2 aromatic carbocycles. The lowest BCUT2D eigenvalue weighted by Gasteiger charge is -2.61. The summed E-state index contributed by atoms with van der Waals surface area (Å²) in [4.78, 5) is 63.0. The molecule has 10 rings (SSSR count). The van der Waals surface area contributed by atoms with Crippen LogP contribution < -0.4 is 15.5 Å². The molecule has 69 heavy (non-hydrogen) atoms. The Labute approximate surface area is 403 Å². The first-order valence-electron chi connectivity index (χ1n) is 24.5. The van der Waals surface area contributed by atoms with Crippen LogP contribution in [0.1, 0.15) is 113 Å². The third kappa shape index (κ3) is 8.87. The molecule has 7 heterocycles. The van der Waals surface area contributed by atoms with Crippen LogP contribution in [-0.4, -0.2) is 131 Å². The molecule has 1 saturated carbocycles. The number of phenolic OH excluding ortho intramolecular Hbond substituents is 1. The van der Waals surface area contributed by atoms with Gasteiger partial charge >= 0.3 is 6.03 Å². The number of urea groups is 1. The average Bonchev–Trinajstić information content (AvgIpc) is 3.90. The summed E-state index contributed by atoms with van der Waals surface area (Å²) in [5.74, 6) is 3.15. The van der Waals surface area contributed by atoms with E-state index in [1.807, 2.05) is 82.6 Å². The van der Waals surface area contributed by atoms with Crippen LogP contribution in [0.3, 0.4) is 0 Å². The molecule has 1 aliphatic carbocycles. The number of rotatable bonds is 9. The van der Waals surface area contributed by atoms with Gasteiger partial charge in [-0.05, 0) is 105 Å². The maximum Gasteiger partial charge on any atom is 0.318 e. The number of phenols is 1. The highest BCUT2D eigenvalue weighted by molar-refractivity contribution is 5.93. The second-order valence-electron chi connectivity index (χ2n) is 21.3. The Morgan fingerprint density at radius 1 is 0.971 bits per heavy atom. The second-order valence-corrected chi connectivity index (χ2v) is 21.3. The van der Waals surface area contributed by atoms with E-state index in [-0.39, 0.29) is 54.1 Å². The van der Waals surface area contributed by atoms with Crippen molar-refractivity contribution in [2.75, 3.05) is 44.2 Å². The van der Waals surface area contributed by atoms with Gasteiger partial charge in [-0.25, -0.2) is 14.8 Å². The average molecular weight is 934 g/mol. The number of nitrogens with zero attached hydrogens (tertiary/aromatic N) is 8. The number of amides is 4. The van der Waals surface area contributed by atoms with Gasteiger partial charge in [0.2, 0.25) is 17.8 Å². The molecule has 5 N–H and O–H groups in total. The van der Waals surface area contributed by atoms with Gasteiger partial charge < -0.3 is 45.4 Å². The predicted octanol–water partition coefficient (Wildman–Crippen LogP) is 5.83. The highest BCUT2D eigenvalue weighted by atomic mass is 16.3. The Morgan fingerprint density at radius 2 is 1.68 bits per heavy atom. The summed E-state index contributed by atoms with van der Waals surface area (Å²) >= 11 is 0. The van der Waals surface area contributed by atoms with E-state index in [0.717, 1.165) is 85.2 Å². The number of para-hydroxylation sites is 1. The number of benzene rings is 2. The van der Waals surface area contributed by atoms with Crippen LogP contribution in [0.4, 0.5) is 10.7 Å². The summed E-state index contributed by atoms with van der Waals surface area (Å²) in [6.45, 7) is 13.9. The smallest absolute Gasteiger partial charge is 0.318 e. The molecule has 4 amide bonds. The first-order chi connectivity index (χ1) is 33.1. The number of hydrogen-bond donors (Lipinski definition) is 5. The van der Waals surface area contributed by atoms with Crippen LogP contribution in [0, 0.1) is 23.2 Å². The van der Waals surface area contributed by atoms with Gasteiger partial charge in [-0.2, -0.15) is 0 Å². The zero-order valence-corrected chi connectivity index (χ0v) is 40.2. The number of β-amino-alcohol motifs (C(OH)–C–C–N with tert-alkyl or cyclic N) is 1. The number of aromatic hydroxyl groups is 1. The summed E-state index contributed by atoms with van der Waals surface area (Å²) in [5.41, 5.74) is 6.56. The topological polar surface area (TPSA) is 196 Å². The normalized spacial score (nSPS) is 22.6. The molecule has 3 saturated heterocycles. The zero-order valence-electron chi connectivity index (χ0n) is 40.2. The Balaban J connectivity index is 0.696. The number of carbonyl (C=O) groups is 3. The number of aliphatic hydroxyl groups excluding tert-OH is 1. The minimum absolute atomic E-state index is 0.0101. The molecular weight excluding hydrogens is 871 g/mol. The zero-order chi connectivity index (χ0) is 48.4. The number of H-pyrrole nitrogens is 1. The molecule has 1 spiro atoms. The van der Waals surface area contributed by atoms with E-state index in [9.17, 15) is 24.6 Å². The summed E-state index contributed by atoms with van der Waals surface area (Å²) in [5, 5.41) is 37.1. The standard InChI is InChI=1S/C53H63N11O5/c1-7-33-12-14-34(15-13-33)31(2)56-48(67)43-22-38(65)28-64(43)49(68)46(52(4,5)6)58-51(69)62-29-53(30-62)24-37(25-53)61-19-16-35(17-20-61)36-26-54-50(55-27-36)63-21-18-41-45(32(63)3)40-23-42(59-60-47(40)57-41)39-10-8-9-11-44(39)66/h1,8-15,23,26-27,31-32,35,37-38,43,46,65-66H,16-22,24-25,28-30H2,2-6H3,(H,56,67)(H,57,60)(H,58,69)/t31-,32+,38+,43-,46+/m0/s1. The molecule has 360 valence electrons. The fourth-order valence-electron chi connectivity index (χ4n) is 11.7. The fraction of sp³-hybridized carbons (Fsp3) is 0.491. The number of carbonyl (C=O) groups excluding carboxylic acids is 3. The van der Waals surface area contributed by atoms with Gasteiger partial charge in [0, 0.05) is 90.6 Å². The molecule has 4 aliphatic heterocycles. The Kier molecular flexibility index (Phi) is 12.1. The van der Waals surface area contributed by atoms with Crippen molar-refractivity contribution < 1.29 is 24.6 Å². The molecule has 0 radical (unpaired) electrons. The van der Waals surface area contributed by atoms with Crippen molar-refractivity contribution in [3.63, 3.8) is 0 Å². The Bertz CT molecular complexity index is 2780. The molecule has 0 unspecified atom stereocenters. The Morgan fingerprint density at radius 3 is 2.36 bits per heavy atom. The van der Waals surface area contributed by atoms with Crippen molar-refractivity contribution in [3.8, 4) is 29.4 Å². The molecule has 5 aromatic rings. The molecule has 5 atom stereocenters. The van der Waals surface area contributed by atoms with Crippen molar-refractivity contribution in [2.45, 2.75) is 115 Å². The van der Waals surface area contributed by atoms with Gasteiger partial charge in [-0.1, -0.05) is 51.0 Å². The van der Waals surface area contributed by atoms with E-state index in [1.165, 1.54) is 10.5 Å². The van der Waals surface area contributed by atoms with Gasteiger partial charge in [-0.3, -0.25) is 9.59 Å². The minimum atomic E-state index is -0.891. The van der Waals surface area contributed by atoms with Gasteiger partial charge in [0.1, 0.15) is 17.8 Å². The van der Waals surface area contributed by atoms with Crippen molar-refractivity contribution in [1.29, 1.82) is 0 Å².